The molecule has 0 saturated carbocycles. The van der Waals surface area contributed by atoms with Gasteiger partial charge in [-0.2, -0.15) is 0 Å². The molecule has 0 radical (unpaired) electrons. The zero-order chi connectivity index (χ0) is 21.1. The van der Waals surface area contributed by atoms with Crippen LogP contribution in [-0.2, 0) is 12.8 Å². The molecule has 29 heavy (non-hydrogen) atoms. The molecule has 0 heterocycles. The third-order valence-electron chi connectivity index (χ3n) is 4.99. The second-order valence-electron chi connectivity index (χ2n) is 7.02. The number of benzene rings is 3. The summed E-state index contributed by atoms with van der Waals surface area (Å²) >= 11 is 0. The smallest absolute Gasteiger partial charge is 0.194 e. The van der Waals surface area contributed by atoms with Crippen molar-refractivity contribution in [2.45, 2.75) is 39.5 Å². The van der Waals surface area contributed by atoms with Gasteiger partial charge >= 0.3 is 0 Å². The molecule has 3 rings (SSSR count). The summed E-state index contributed by atoms with van der Waals surface area (Å²) in [5.41, 5.74) is 2.10. The summed E-state index contributed by atoms with van der Waals surface area (Å²) in [5, 5.41) is 0. The van der Waals surface area contributed by atoms with Crippen molar-refractivity contribution >= 4 is 0 Å². The predicted octanol–water partition coefficient (Wildman–Crippen LogP) is 7.62. The van der Waals surface area contributed by atoms with E-state index in [2.05, 4.69) is 0 Å². The lowest BCUT2D eigenvalue weighted by molar-refractivity contribution is 0.447. The van der Waals surface area contributed by atoms with E-state index >= 15 is 0 Å². The van der Waals surface area contributed by atoms with Gasteiger partial charge in [0.05, 0.1) is 5.56 Å². The molecule has 0 spiro atoms. The summed E-state index contributed by atoms with van der Waals surface area (Å²) in [7, 11) is 0. The van der Waals surface area contributed by atoms with Gasteiger partial charge in [-0.25, -0.2) is 22.0 Å². The first-order valence-corrected chi connectivity index (χ1v) is 9.61. The second kappa shape index (κ2) is 8.76. The molecule has 0 atom stereocenters. The van der Waals surface area contributed by atoms with E-state index in [1.807, 2.05) is 13.8 Å². The van der Waals surface area contributed by atoms with Gasteiger partial charge in [-0.3, -0.25) is 0 Å². The van der Waals surface area contributed by atoms with Crippen molar-refractivity contribution in [3.05, 3.63) is 82.7 Å². The van der Waals surface area contributed by atoms with Crippen LogP contribution >= 0.6 is 0 Å². The molecule has 0 aliphatic rings. The highest BCUT2D eigenvalue weighted by Crippen LogP contribution is 2.33. The van der Waals surface area contributed by atoms with Crippen LogP contribution in [0.25, 0.3) is 22.3 Å². The lowest BCUT2D eigenvalue weighted by Gasteiger charge is -2.14. The minimum Gasteiger partial charge on any atom is -0.206 e. The van der Waals surface area contributed by atoms with Gasteiger partial charge in [0.15, 0.2) is 17.5 Å². The minimum absolute atomic E-state index is 0.136. The molecule has 3 aromatic rings. The summed E-state index contributed by atoms with van der Waals surface area (Å²) in [4.78, 5) is 0. The maximum atomic E-state index is 14.7. The number of rotatable bonds is 6. The minimum atomic E-state index is -1.53. The highest BCUT2D eigenvalue weighted by molar-refractivity contribution is 5.74. The van der Waals surface area contributed by atoms with E-state index in [-0.39, 0.29) is 11.1 Å². The molecular weight excluding hydrogens is 383 g/mol. The number of aryl methyl sites for hydroxylation is 2. The lowest BCUT2D eigenvalue weighted by Crippen LogP contribution is -1.98. The van der Waals surface area contributed by atoms with Crippen molar-refractivity contribution in [1.29, 1.82) is 0 Å². The van der Waals surface area contributed by atoms with Crippen LogP contribution in [0.4, 0.5) is 22.0 Å². The summed E-state index contributed by atoms with van der Waals surface area (Å²) in [6.07, 6.45) is 2.83. The van der Waals surface area contributed by atoms with Crippen molar-refractivity contribution in [2.24, 2.45) is 0 Å². The fourth-order valence-electron chi connectivity index (χ4n) is 3.46. The van der Waals surface area contributed by atoms with Gasteiger partial charge in [0.2, 0.25) is 0 Å². The molecular formula is C24H21F5. The molecule has 3 aromatic carbocycles. The lowest BCUT2D eigenvalue weighted by atomic mass is 9.92. The average Bonchev–Trinajstić information content (AvgIpc) is 2.69. The predicted molar refractivity (Wildman–Crippen MR) is 105 cm³/mol. The van der Waals surface area contributed by atoms with Crippen molar-refractivity contribution in [2.75, 3.05) is 0 Å². The van der Waals surface area contributed by atoms with E-state index in [1.165, 1.54) is 18.2 Å². The van der Waals surface area contributed by atoms with Crippen molar-refractivity contribution < 1.29 is 22.0 Å². The molecule has 0 bridgehead atoms. The normalized spacial score (nSPS) is 11.1. The van der Waals surface area contributed by atoms with Gasteiger partial charge in [-0.1, -0.05) is 38.5 Å². The van der Waals surface area contributed by atoms with Gasteiger partial charge < -0.3 is 0 Å². The van der Waals surface area contributed by atoms with Crippen LogP contribution in [-0.4, -0.2) is 0 Å². The molecule has 0 nitrogen and oxygen atoms in total. The summed E-state index contributed by atoms with van der Waals surface area (Å²) < 4.78 is 69.8. The molecule has 152 valence electrons. The van der Waals surface area contributed by atoms with Crippen LogP contribution in [0.15, 0.2) is 42.5 Å². The third-order valence-corrected chi connectivity index (χ3v) is 4.99. The standard InChI is InChI=1S/C24H21F5/c1-3-5-6-14-9-19(25)23(20(26)10-14)16-7-8-18(15(4-2)11-16)17-12-21(27)24(29)22(28)13-17/h7-13H,3-6H2,1-2H3. The Kier molecular flexibility index (Phi) is 6.36. The Morgan fingerprint density at radius 2 is 1.31 bits per heavy atom. The van der Waals surface area contributed by atoms with Crippen LogP contribution in [0.5, 0.6) is 0 Å². The van der Waals surface area contributed by atoms with Crippen LogP contribution in [0.2, 0.25) is 0 Å². The number of hydrogen-bond donors (Lipinski definition) is 0. The zero-order valence-electron chi connectivity index (χ0n) is 16.3. The Morgan fingerprint density at radius 3 is 1.86 bits per heavy atom. The molecule has 0 aliphatic heterocycles. The zero-order valence-corrected chi connectivity index (χ0v) is 16.3. The van der Waals surface area contributed by atoms with E-state index in [1.54, 1.807) is 12.1 Å². The Labute approximate surface area is 167 Å². The molecule has 0 amide bonds. The van der Waals surface area contributed by atoms with Crippen LogP contribution in [0, 0.1) is 29.1 Å². The van der Waals surface area contributed by atoms with Gasteiger partial charge in [-0.15, -0.1) is 0 Å². The highest BCUT2D eigenvalue weighted by atomic mass is 19.2. The Bertz CT molecular complexity index is 993. The second-order valence-corrected chi connectivity index (χ2v) is 7.02. The van der Waals surface area contributed by atoms with Crippen molar-refractivity contribution in [1.82, 2.24) is 0 Å². The SMILES string of the molecule is CCCCc1cc(F)c(-c2ccc(-c3cc(F)c(F)c(F)c3)c(CC)c2)c(F)c1. The molecule has 0 fully saturated rings. The first-order chi connectivity index (χ1) is 13.8. The number of halogens is 5. The topological polar surface area (TPSA) is 0 Å². The quantitative estimate of drug-likeness (QED) is 0.293. The van der Waals surface area contributed by atoms with Crippen LogP contribution in [0.1, 0.15) is 37.8 Å². The maximum Gasteiger partial charge on any atom is 0.194 e. The van der Waals surface area contributed by atoms with E-state index < -0.39 is 29.1 Å². The van der Waals surface area contributed by atoms with E-state index in [0.717, 1.165) is 25.0 Å². The van der Waals surface area contributed by atoms with Gasteiger partial charge in [0, 0.05) is 0 Å². The maximum absolute atomic E-state index is 14.7. The van der Waals surface area contributed by atoms with E-state index in [0.29, 0.717) is 35.1 Å². The molecule has 0 aliphatic carbocycles. The molecule has 0 aromatic heterocycles. The molecule has 5 heteroatoms. The molecule has 0 saturated heterocycles. The average molecular weight is 404 g/mol. The van der Waals surface area contributed by atoms with Crippen molar-refractivity contribution in [3.8, 4) is 22.3 Å². The summed E-state index contributed by atoms with van der Waals surface area (Å²) in [6, 6.07) is 9.16. The first kappa shape index (κ1) is 21.0. The Balaban J connectivity index is 2.06. The third kappa shape index (κ3) is 4.34. The Hall–Kier alpha value is -2.69. The van der Waals surface area contributed by atoms with Crippen molar-refractivity contribution in [3.63, 3.8) is 0 Å². The summed E-state index contributed by atoms with van der Waals surface area (Å²) in [5.74, 6) is -5.40. The van der Waals surface area contributed by atoms with E-state index in [4.69, 9.17) is 0 Å². The fourth-order valence-corrected chi connectivity index (χ4v) is 3.46. The van der Waals surface area contributed by atoms with Gasteiger partial charge in [-0.05, 0) is 71.3 Å². The van der Waals surface area contributed by atoms with Gasteiger partial charge in [0.1, 0.15) is 11.6 Å². The number of hydrogen-bond acceptors (Lipinski definition) is 0. The van der Waals surface area contributed by atoms with Crippen LogP contribution < -0.4 is 0 Å². The highest BCUT2D eigenvalue weighted by Gasteiger charge is 2.17. The Morgan fingerprint density at radius 1 is 0.690 bits per heavy atom. The number of unbranched alkanes of at least 4 members (excludes halogenated alkanes) is 1. The van der Waals surface area contributed by atoms with Crippen LogP contribution in [0.3, 0.4) is 0 Å². The van der Waals surface area contributed by atoms with E-state index in [9.17, 15) is 22.0 Å². The largest absolute Gasteiger partial charge is 0.206 e. The first-order valence-electron chi connectivity index (χ1n) is 9.61. The molecule has 0 unspecified atom stereocenters. The monoisotopic (exact) mass is 404 g/mol. The fraction of sp³-hybridized carbons (Fsp3) is 0.250. The van der Waals surface area contributed by atoms with Gasteiger partial charge in [0.25, 0.3) is 0 Å². The summed E-state index contributed by atoms with van der Waals surface area (Å²) in [6.45, 7) is 3.83. The molecule has 0 N–H and O–H groups in total.